The normalized spacial score (nSPS) is 16.1. The molecular formula is C19H16F2N2O5. The van der Waals surface area contributed by atoms with Crippen molar-refractivity contribution in [3.05, 3.63) is 59.7 Å². The number of halogens is 2. The summed E-state index contributed by atoms with van der Waals surface area (Å²) in [5, 5.41) is 0. The minimum Gasteiger partial charge on any atom is -0.489 e. The van der Waals surface area contributed by atoms with Crippen LogP contribution in [0.3, 0.4) is 0 Å². The van der Waals surface area contributed by atoms with Gasteiger partial charge in [-0.15, -0.1) is 0 Å². The number of amides is 2. The van der Waals surface area contributed by atoms with Gasteiger partial charge in [-0.2, -0.15) is 0 Å². The van der Waals surface area contributed by atoms with Gasteiger partial charge in [0.15, 0.2) is 5.82 Å². The van der Waals surface area contributed by atoms with Crippen LogP contribution in [-0.2, 0) is 20.9 Å². The molecule has 28 heavy (non-hydrogen) atoms. The molecule has 9 heteroatoms. The number of anilines is 1. The molecule has 146 valence electrons. The number of nitrogens with zero attached hydrogens (tertiary/aromatic N) is 1. The van der Waals surface area contributed by atoms with Crippen LogP contribution >= 0.6 is 0 Å². The molecule has 1 fully saturated rings. The van der Waals surface area contributed by atoms with Gasteiger partial charge in [-0.25, -0.2) is 13.6 Å². The van der Waals surface area contributed by atoms with E-state index in [1.165, 1.54) is 30.3 Å². The molecule has 0 radical (unpaired) electrons. The zero-order chi connectivity index (χ0) is 20.3. The summed E-state index contributed by atoms with van der Waals surface area (Å²) in [6, 6.07) is 9.71. The number of nitrogens with two attached hydrogens (primary N) is 1. The minimum absolute atomic E-state index is 0.0301. The van der Waals surface area contributed by atoms with Crippen molar-refractivity contribution in [2.24, 2.45) is 11.7 Å². The van der Waals surface area contributed by atoms with Gasteiger partial charge in [-0.05, 0) is 29.8 Å². The lowest BCUT2D eigenvalue weighted by molar-refractivity contribution is -0.141. The highest BCUT2D eigenvalue weighted by Gasteiger charge is 2.37. The van der Waals surface area contributed by atoms with E-state index in [0.717, 1.165) is 11.0 Å². The van der Waals surface area contributed by atoms with Gasteiger partial charge < -0.3 is 20.1 Å². The van der Waals surface area contributed by atoms with Gasteiger partial charge in [-0.3, -0.25) is 9.59 Å². The van der Waals surface area contributed by atoms with Crippen LogP contribution < -0.4 is 15.4 Å². The van der Waals surface area contributed by atoms with E-state index in [1.807, 2.05) is 0 Å². The average molecular weight is 390 g/mol. The van der Waals surface area contributed by atoms with Gasteiger partial charge in [0.05, 0.1) is 11.6 Å². The Kier molecular flexibility index (Phi) is 5.53. The topological polar surface area (TPSA) is 98.9 Å². The Morgan fingerprint density at radius 1 is 1.18 bits per heavy atom. The summed E-state index contributed by atoms with van der Waals surface area (Å²) in [5.41, 5.74) is 5.33. The lowest BCUT2D eigenvalue weighted by atomic mass is 10.1. The Balaban J connectivity index is 1.67. The maximum Gasteiger partial charge on any atom is 0.412 e. The van der Waals surface area contributed by atoms with E-state index in [4.69, 9.17) is 10.5 Å². The summed E-state index contributed by atoms with van der Waals surface area (Å²) in [4.78, 5) is 35.6. The maximum absolute atomic E-state index is 14.5. The van der Waals surface area contributed by atoms with Crippen molar-refractivity contribution in [3.8, 4) is 5.75 Å². The summed E-state index contributed by atoms with van der Waals surface area (Å²) in [5.74, 6) is -3.27. The van der Waals surface area contributed by atoms with Crippen LogP contribution in [-0.4, -0.2) is 24.5 Å². The summed E-state index contributed by atoms with van der Waals surface area (Å²) >= 11 is 0. The van der Waals surface area contributed by atoms with E-state index in [9.17, 15) is 23.2 Å². The van der Waals surface area contributed by atoms with Crippen molar-refractivity contribution >= 4 is 23.7 Å². The van der Waals surface area contributed by atoms with Gasteiger partial charge in [-0.1, -0.05) is 12.1 Å². The number of rotatable bonds is 5. The molecule has 1 aliphatic heterocycles. The lowest BCUT2D eigenvalue weighted by Gasteiger charge is -2.18. The monoisotopic (exact) mass is 390 g/mol. The second-order valence-electron chi connectivity index (χ2n) is 6.18. The standard InChI is InChI=1S/C19H16F2N2O5/c20-13-3-1-2-11(6-13)10-27-14-4-5-16(15(21)8-14)23-9-12(7-17(23)24)18(25)28-19(22)26/h1-6,8,12H,7,9-10H2,(H2,22,26). The fourth-order valence-corrected chi connectivity index (χ4v) is 2.87. The van der Waals surface area contributed by atoms with E-state index in [1.54, 1.807) is 6.07 Å². The van der Waals surface area contributed by atoms with E-state index in [2.05, 4.69) is 4.74 Å². The zero-order valence-electron chi connectivity index (χ0n) is 14.6. The third-order valence-electron chi connectivity index (χ3n) is 4.16. The highest BCUT2D eigenvalue weighted by molar-refractivity contribution is 6.00. The molecular weight excluding hydrogens is 374 g/mol. The first-order valence-corrected chi connectivity index (χ1v) is 8.32. The maximum atomic E-state index is 14.5. The van der Waals surface area contributed by atoms with Crippen molar-refractivity contribution in [1.29, 1.82) is 0 Å². The SMILES string of the molecule is NC(=O)OC(=O)C1CC(=O)N(c2ccc(OCc3cccc(F)c3)cc2F)C1. The van der Waals surface area contributed by atoms with Crippen molar-refractivity contribution in [2.75, 3.05) is 11.4 Å². The molecule has 0 bridgehead atoms. The molecule has 2 N–H and O–H groups in total. The summed E-state index contributed by atoms with van der Waals surface area (Å²) in [6.07, 6.45) is -1.48. The molecule has 1 aliphatic rings. The Morgan fingerprint density at radius 2 is 1.96 bits per heavy atom. The molecule has 2 aromatic carbocycles. The summed E-state index contributed by atoms with van der Waals surface area (Å²) < 4.78 is 37.4. The van der Waals surface area contributed by atoms with Gasteiger partial charge in [0.2, 0.25) is 5.91 Å². The fraction of sp³-hybridized carbons (Fsp3) is 0.211. The van der Waals surface area contributed by atoms with Gasteiger partial charge >= 0.3 is 12.1 Å². The van der Waals surface area contributed by atoms with Crippen LogP contribution in [0.25, 0.3) is 0 Å². The van der Waals surface area contributed by atoms with E-state index >= 15 is 0 Å². The molecule has 0 saturated carbocycles. The van der Waals surface area contributed by atoms with Gasteiger partial charge in [0.1, 0.15) is 18.2 Å². The molecule has 1 atom stereocenters. The van der Waals surface area contributed by atoms with E-state index in [0.29, 0.717) is 5.56 Å². The minimum atomic E-state index is -1.26. The number of carbonyl (C=O) groups excluding carboxylic acids is 3. The Morgan fingerprint density at radius 3 is 2.64 bits per heavy atom. The number of ether oxygens (including phenoxy) is 2. The van der Waals surface area contributed by atoms with E-state index < -0.39 is 35.5 Å². The molecule has 0 aliphatic carbocycles. The number of benzene rings is 2. The van der Waals surface area contributed by atoms with Crippen molar-refractivity contribution in [3.63, 3.8) is 0 Å². The zero-order valence-corrected chi connectivity index (χ0v) is 14.6. The predicted molar refractivity (Wildman–Crippen MR) is 93.3 cm³/mol. The number of primary amides is 1. The molecule has 0 aromatic heterocycles. The molecule has 2 aromatic rings. The average Bonchev–Trinajstić information content (AvgIpc) is 3.01. The highest BCUT2D eigenvalue weighted by atomic mass is 19.1. The molecule has 3 rings (SSSR count). The first-order valence-electron chi connectivity index (χ1n) is 8.32. The van der Waals surface area contributed by atoms with Crippen LogP contribution in [0.1, 0.15) is 12.0 Å². The number of hydrogen-bond acceptors (Lipinski definition) is 5. The first-order chi connectivity index (χ1) is 13.3. The highest BCUT2D eigenvalue weighted by Crippen LogP contribution is 2.30. The third-order valence-corrected chi connectivity index (χ3v) is 4.16. The van der Waals surface area contributed by atoms with Crippen molar-refractivity contribution in [2.45, 2.75) is 13.0 Å². The van der Waals surface area contributed by atoms with Crippen molar-refractivity contribution < 1.29 is 32.6 Å². The van der Waals surface area contributed by atoms with Crippen LogP contribution in [0.5, 0.6) is 5.75 Å². The molecule has 1 saturated heterocycles. The third kappa shape index (κ3) is 4.43. The molecule has 7 nitrogen and oxygen atoms in total. The van der Waals surface area contributed by atoms with Crippen LogP contribution in [0, 0.1) is 17.6 Å². The molecule has 0 spiro atoms. The quantitative estimate of drug-likeness (QED) is 0.625. The Hall–Kier alpha value is -3.49. The van der Waals surface area contributed by atoms with E-state index in [-0.39, 0.29) is 31.0 Å². The molecule has 2 amide bonds. The second kappa shape index (κ2) is 8.03. The first kappa shape index (κ1) is 19.3. The molecule has 1 heterocycles. The number of carbonyl (C=O) groups is 3. The predicted octanol–water partition coefficient (Wildman–Crippen LogP) is 2.52. The Bertz CT molecular complexity index is 934. The fourth-order valence-electron chi connectivity index (χ4n) is 2.87. The number of hydrogen-bond donors (Lipinski definition) is 1. The smallest absolute Gasteiger partial charge is 0.412 e. The van der Waals surface area contributed by atoms with Crippen molar-refractivity contribution in [1.82, 2.24) is 0 Å². The van der Waals surface area contributed by atoms with Gasteiger partial charge in [0, 0.05) is 19.0 Å². The second-order valence-corrected chi connectivity index (χ2v) is 6.18. The Labute approximate surface area is 158 Å². The lowest BCUT2D eigenvalue weighted by Crippen LogP contribution is -2.29. The van der Waals surface area contributed by atoms with Crippen LogP contribution in [0.4, 0.5) is 19.3 Å². The summed E-state index contributed by atoms with van der Waals surface area (Å²) in [7, 11) is 0. The molecule has 1 unspecified atom stereocenters. The van der Waals surface area contributed by atoms with Crippen LogP contribution in [0.2, 0.25) is 0 Å². The van der Waals surface area contributed by atoms with Crippen LogP contribution in [0.15, 0.2) is 42.5 Å². The largest absolute Gasteiger partial charge is 0.489 e. The van der Waals surface area contributed by atoms with Gasteiger partial charge in [0.25, 0.3) is 0 Å². The summed E-state index contributed by atoms with van der Waals surface area (Å²) in [6.45, 7) is -0.0917. The number of esters is 1.